The summed E-state index contributed by atoms with van der Waals surface area (Å²) in [7, 11) is 0. The standard InChI is InChI=1S/C14H16N2O5S/c1-9(17)8-22-11-5-3-2-4-10(11)14(20)21-7-13(19)16-6-12(15)18/h2-5H,6-8H2,1H3,(H2,15,18)(H,16,19). The number of esters is 1. The summed E-state index contributed by atoms with van der Waals surface area (Å²) in [5.41, 5.74) is 5.15. The minimum atomic E-state index is -0.689. The smallest absolute Gasteiger partial charge is 0.339 e. The molecule has 2 amide bonds. The van der Waals surface area contributed by atoms with Gasteiger partial charge in [-0.2, -0.15) is 0 Å². The zero-order valence-electron chi connectivity index (χ0n) is 12.0. The van der Waals surface area contributed by atoms with E-state index in [9.17, 15) is 19.2 Å². The largest absolute Gasteiger partial charge is 0.452 e. The van der Waals surface area contributed by atoms with Gasteiger partial charge < -0.3 is 15.8 Å². The Hall–Kier alpha value is -2.35. The lowest BCUT2D eigenvalue weighted by Gasteiger charge is -2.08. The van der Waals surface area contributed by atoms with Gasteiger partial charge >= 0.3 is 5.97 Å². The van der Waals surface area contributed by atoms with E-state index in [-0.39, 0.29) is 23.6 Å². The first-order valence-corrected chi connectivity index (χ1v) is 7.32. The lowest BCUT2D eigenvalue weighted by molar-refractivity contribution is -0.127. The fraction of sp³-hybridized carbons (Fsp3) is 0.286. The summed E-state index contributed by atoms with van der Waals surface area (Å²) >= 11 is 1.22. The van der Waals surface area contributed by atoms with Gasteiger partial charge in [-0.15, -0.1) is 11.8 Å². The van der Waals surface area contributed by atoms with Crippen molar-refractivity contribution in [2.24, 2.45) is 5.73 Å². The lowest BCUT2D eigenvalue weighted by Crippen LogP contribution is -2.36. The van der Waals surface area contributed by atoms with Crippen molar-refractivity contribution in [1.82, 2.24) is 5.32 Å². The maximum Gasteiger partial charge on any atom is 0.339 e. The van der Waals surface area contributed by atoms with Crippen LogP contribution in [0, 0.1) is 0 Å². The van der Waals surface area contributed by atoms with Crippen LogP contribution in [-0.2, 0) is 19.1 Å². The Morgan fingerprint density at radius 2 is 1.91 bits per heavy atom. The van der Waals surface area contributed by atoms with E-state index in [1.807, 2.05) is 0 Å². The van der Waals surface area contributed by atoms with Gasteiger partial charge in [0.15, 0.2) is 6.61 Å². The number of hydrogen-bond acceptors (Lipinski definition) is 6. The molecular formula is C14H16N2O5S. The number of hydrogen-bond donors (Lipinski definition) is 2. The van der Waals surface area contributed by atoms with Crippen LogP contribution in [0.1, 0.15) is 17.3 Å². The van der Waals surface area contributed by atoms with Crippen LogP contribution in [0.2, 0.25) is 0 Å². The fourth-order valence-corrected chi connectivity index (χ4v) is 2.23. The highest BCUT2D eigenvalue weighted by Crippen LogP contribution is 2.23. The van der Waals surface area contributed by atoms with Crippen molar-refractivity contribution in [3.63, 3.8) is 0 Å². The van der Waals surface area contributed by atoms with Crippen LogP contribution in [0.4, 0.5) is 0 Å². The number of nitrogens with one attached hydrogen (secondary N) is 1. The van der Waals surface area contributed by atoms with Crippen molar-refractivity contribution >= 4 is 35.3 Å². The van der Waals surface area contributed by atoms with Gasteiger partial charge in [0.1, 0.15) is 5.78 Å². The zero-order valence-corrected chi connectivity index (χ0v) is 12.8. The van der Waals surface area contributed by atoms with Crippen molar-refractivity contribution < 1.29 is 23.9 Å². The molecule has 0 aromatic heterocycles. The van der Waals surface area contributed by atoms with Crippen LogP contribution in [0.25, 0.3) is 0 Å². The maximum absolute atomic E-state index is 12.0. The first kappa shape index (κ1) is 17.7. The van der Waals surface area contributed by atoms with E-state index in [1.54, 1.807) is 24.3 Å². The minimum absolute atomic E-state index is 0.0148. The predicted octanol–water partition coefficient (Wildman–Crippen LogP) is 0.126. The number of thioether (sulfide) groups is 1. The van der Waals surface area contributed by atoms with Crippen LogP contribution in [0.5, 0.6) is 0 Å². The Labute approximate surface area is 131 Å². The van der Waals surface area contributed by atoms with Crippen LogP contribution in [-0.4, -0.2) is 42.5 Å². The highest BCUT2D eigenvalue weighted by atomic mass is 32.2. The van der Waals surface area contributed by atoms with E-state index in [1.165, 1.54) is 18.7 Å². The topological polar surface area (TPSA) is 116 Å². The molecule has 7 nitrogen and oxygen atoms in total. The number of carbonyl (C=O) groups is 4. The summed E-state index contributed by atoms with van der Waals surface area (Å²) in [5, 5.41) is 2.20. The molecule has 3 N–H and O–H groups in total. The van der Waals surface area contributed by atoms with Gasteiger partial charge in [-0.3, -0.25) is 14.4 Å². The molecular weight excluding hydrogens is 308 g/mol. The molecule has 1 aromatic carbocycles. The molecule has 0 saturated heterocycles. The highest BCUT2D eigenvalue weighted by Gasteiger charge is 2.15. The maximum atomic E-state index is 12.0. The number of amides is 2. The van der Waals surface area contributed by atoms with Crippen LogP contribution < -0.4 is 11.1 Å². The minimum Gasteiger partial charge on any atom is -0.452 e. The van der Waals surface area contributed by atoms with Gasteiger partial charge in [-0.05, 0) is 19.1 Å². The molecule has 0 radical (unpaired) electrons. The predicted molar refractivity (Wildman–Crippen MR) is 80.3 cm³/mol. The molecule has 0 fully saturated rings. The summed E-state index contributed by atoms with van der Waals surface area (Å²) in [6.45, 7) is 0.621. The monoisotopic (exact) mass is 324 g/mol. The van der Waals surface area contributed by atoms with E-state index in [2.05, 4.69) is 5.32 Å². The molecule has 118 valence electrons. The molecule has 22 heavy (non-hydrogen) atoms. The second-order valence-electron chi connectivity index (χ2n) is 4.31. The number of carbonyl (C=O) groups excluding carboxylic acids is 4. The first-order chi connectivity index (χ1) is 10.4. The third-order valence-electron chi connectivity index (χ3n) is 2.33. The fourth-order valence-electron chi connectivity index (χ4n) is 1.39. The summed E-state index contributed by atoms with van der Waals surface area (Å²) in [6.07, 6.45) is 0. The molecule has 0 saturated carbocycles. The Kier molecular flexibility index (Phi) is 7.11. The normalized spacial score (nSPS) is 9.86. The van der Waals surface area contributed by atoms with E-state index < -0.39 is 24.4 Å². The Balaban J connectivity index is 2.59. The number of benzene rings is 1. The molecule has 1 rings (SSSR count). The summed E-state index contributed by atoms with van der Waals surface area (Å²) < 4.78 is 4.87. The molecule has 0 bridgehead atoms. The second kappa shape index (κ2) is 8.83. The van der Waals surface area contributed by atoms with Gasteiger partial charge in [0.25, 0.3) is 5.91 Å². The molecule has 0 unspecified atom stereocenters. The second-order valence-corrected chi connectivity index (χ2v) is 5.32. The van der Waals surface area contributed by atoms with E-state index in [4.69, 9.17) is 10.5 Å². The zero-order chi connectivity index (χ0) is 16.5. The number of rotatable bonds is 8. The van der Waals surface area contributed by atoms with Gasteiger partial charge in [0.05, 0.1) is 17.9 Å². The van der Waals surface area contributed by atoms with Gasteiger partial charge in [0, 0.05) is 4.90 Å². The van der Waals surface area contributed by atoms with Crippen molar-refractivity contribution in [3.8, 4) is 0 Å². The summed E-state index contributed by atoms with van der Waals surface area (Å²) in [4.78, 5) is 45.4. The van der Waals surface area contributed by atoms with E-state index in [0.717, 1.165) is 0 Å². The number of ether oxygens (including phenoxy) is 1. The van der Waals surface area contributed by atoms with Crippen molar-refractivity contribution in [3.05, 3.63) is 29.8 Å². The van der Waals surface area contributed by atoms with Crippen molar-refractivity contribution in [1.29, 1.82) is 0 Å². The quantitative estimate of drug-likeness (QED) is 0.518. The SMILES string of the molecule is CC(=O)CSc1ccccc1C(=O)OCC(=O)NCC(N)=O. The lowest BCUT2D eigenvalue weighted by atomic mass is 10.2. The molecule has 0 heterocycles. The van der Waals surface area contributed by atoms with Gasteiger partial charge in [0.2, 0.25) is 5.91 Å². The number of nitrogens with two attached hydrogens (primary N) is 1. The molecule has 0 aliphatic rings. The van der Waals surface area contributed by atoms with Gasteiger partial charge in [-0.1, -0.05) is 12.1 Å². The van der Waals surface area contributed by atoms with E-state index in [0.29, 0.717) is 4.90 Å². The molecule has 8 heteroatoms. The molecule has 0 aliphatic carbocycles. The van der Waals surface area contributed by atoms with Crippen LogP contribution in [0.3, 0.4) is 0 Å². The third-order valence-corrected chi connectivity index (χ3v) is 3.55. The van der Waals surface area contributed by atoms with Crippen LogP contribution >= 0.6 is 11.8 Å². The number of Topliss-reactive ketones (excluding diaryl/α,β-unsaturated/α-hetero) is 1. The van der Waals surface area contributed by atoms with E-state index >= 15 is 0 Å². The number of ketones is 1. The Morgan fingerprint density at radius 1 is 1.23 bits per heavy atom. The molecule has 0 aliphatic heterocycles. The molecule has 0 spiro atoms. The summed E-state index contributed by atoms with van der Waals surface area (Å²) in [6, 6.07) is 6.63. The van der Waals surface area contributed by atoms with Crippen LogP contribution in [0.15, 0.2) is 29.2 Å². The average molecular weight is 324 g/mol. The first-order valence-electron chi connectivity index (χ1n) is 6.33. The average Bonchev–Trinajstić information content (AvgIpc) is 2.48. The Morgan fingerprint density at radius 3 is 2.55 bits per heavy atom. The third kappa shape index (κ3) is 6.40. The van der Waals surface area contributed by atoms with Crippen molar-refractivity contribution in [2.75, 3.05) is 18.9 Å². The highest BCUT2D eigenvalue weighted by molar-refractivity contribution is 8.00. The summed E-state index contributed by atoms with van der Waals surface area (Å²) in [5.74, 6) is -1.77. The van der Waals surface area contributed by atoms with Gasteiger partial charge in [-0.25, -0.2) is 4.79 Å². The number of primary amides is 1. The Bertz CT molecular complexity index is 588. The molecule has 1 aromatic rings. The molecule has 0 atom stereocenters. The van der Waals surface area contributed by atoms with Crippen molar-refractivity contribution in [2.45, 2.75) is 11.8 Å².